The van der Waals surface area contributed by atoms with E-state index in [0.717, 1.165) is 0 Å². The van der Waals surface area contributed by atoms with Crippen LogP contribution in [0.2, 0.25) is 0 Å². The monoisotopic (exact) mass is 402 g/mol. The molecule has 0 aliphatic rings. The van der Waals surface area contributed by atoms with Crippen molar-refractivity contribution in [2.24, 2.45) is 0 Å². The molecule has 8 nitrogen and oxygen atoms in total. The van der Waals surface area contributed by atoms with Crippen LogP contribution in [0.5, 0.6) is 11.5 Å². The van der Waals surface area contributed by atoms with E-state index in [1.54, 1.807) is 0 Å². The van der Waals surface area contributed by atoms with Gasteiger partial charge in [-0.25, -0.2) is 13.1 Å². The topological polar surface area (TPSA) is 108 Å². The molecule has 0 fully saturated rings. The Balaban J connectivity index is 2.02. The quantitative estimate of drug-likeness (QED) is 0.510. The van der Waals surface area contributed by atoms with E-state index in [1.807, 2.05) is 0 Å². The number of ether oxygens (including phenoxy) is 2. The molecule has 0 aliphatic heterocycles. The van der Waals surface area contributed by atoms with Crippen molar-refractivity contribution in [3.8, 4) is 11.5 Å². The normalized spacial score (nSPS) is 11.4. The minimum absolute atomic E-state index is 0.0439. The lowest BCUT2D eigenvalue weighted by Gasteiger charge is -2.12. The standard InChI is InChI=1S/C16H16F2N2O6S/c1-25-15-8-12(4-7-14(15)26-16(17)18)9-19-27(23,24)10-11-2-5-13(6-3-11)20(21)22/h2-8,16,19H,9-10H2,1H3. The number of nitrogens with one attached hydrogen (secondary N) is 1. The third kappa shape index (κ3) is 6.15. The number of sulfonamides is 1. The van der Waals surface area contributed by atoms with Crippen molar-refractivity contribution in [3.05, 3.63) is 63.7 Å². The number of benzene rings is 2. The van der Waals surface area contributed by atoms with Crippen LogP contribution in [0.3, 0.4) is 0 Å². The van der Waals surface area contributed by atoms with Gasteiger partial charge in [0.2, 0.25) is 10.0 Å². The summed E-state index contributed by atoms with van der Waals surface area (Å²) in [6.07, 6.45) is 0. The third-order valence-electron chi connectivity index (χ3n) is 3.44. The number of methoxy groups -OCH3 is 1. The zero-order valence-electron chi connectivity index (χ0n) is 14.1. The molecule has 0 heterocycles. The zero-order valence-corrected chi connectivity index (χ0v) is 14.9. The summed E-state index contributed by atoms with van der Waals surface area (Å²) in [5.74, 6) is -0.485. The van der Waals surface area contributed by atoms with Crippen LogP contribution >= 0.6 is 0 Å². The van der Waals surface area contributed by atoms with Crippen LogP contribution < -0.4 is 14.2 Å². The van der Waals surface area contributed by atoms with Gasteiger partial charge in [-0.3, -0.25) is 10.1 Å². The van der Waals surface area contributed by atoms with Crippen molar-refractivity contribution < 1.29 is 31.6 Å². The van der Waals surface area contributed by atoms with E-state index in [1.165, 1.54) is 49.6 Å². The highest BCUT2D eigenvalue weighted by Crippen LogP contribution is 2.29. The van der Waals surface area contributed by atoms with Gasteiger partial charge in [0.1, 0.15) is 0 Å². The molecule has 0 bridgehead atoms. The number of halogens is 2. The van der Waals surface area contributed by atoms with Crippen molar-refractivity contribution in [1.29, 1.82) is 0 Å². The number of hydrogen-bond donors (Lipinski definition) is 1. The minimum Gasteiger partial charge on any atom is -0.493 e. The van der Waals surface area contributed by atoms with Crippen molar-refractivity contribution in [2.45, 2.75) is 18.9 Å². The van der Waals surface area contributed by atoms with Gasteiger partial charge < -0.3 is 9.47 Å². The van der Waals surface area contributed by atoms with Gasteiger partial charge in [-0.15, -0.1) is 0 Å². The zero-order chi connectivity index (χ0) is 20.0. The number of nitrogens with zero attached hydrogens (tertiary/aromatic N) is 1. The lowest BCUT2D eigenvalue weighted by atomic mass is 10.2. The number of rotatable bonds is 9. The summed E-state index contributed by atoms with van der Waals surface area (Å²) in [6, 6.07) is 9.22. The molecule has 2 rings (SSSR count). The second-order valence-corrected chi connectivity index (χ2v) is 7.17. The summed E-state index contributed by atoms with van der Waals surface area (Å²) in [5, 5.41) is 10.6. The molecule has 0 aliphatic carbocycles. The van der Waals surface area contributed by atoms with Crippen LogP contribution in [0.4, 0.5) is 14.5 Å². The number of nitro benzene ring substituents is 1. The molecule has 11 heteroatoms. The van der Waals surface area contributed by atoms with E-state index in [0.29, 0.717) is 11.1 Å². The predicted octanol–water partition coefficient (Wildman–Crippen LogP) is 2.82. The van der Waals surface area contributed by atoms with E-state index < -0.39 is 21.6 Å². The average Bonchev–Trinajstić information content (AvgIpc) is 2.60. The maximum atomic E-state index is 12.3. The maximum absolute atomic E-state index is 12.3. The molecule has 1 N–H and O–H groups in total. The van der Waals surface area contributed by atoms with Gasteiger partial charge in [-0.05, 0) is 23.3 Å². The van der Waals surface area contributed by atoms with E-state index >= 15 is 0 Å². The van der Waals surface area contributed by atoms with E-state index in [9.17, 15) is 27.3 Å². The Morgan fingerprint density at radius 2 is 1.74 bits per heavy atom. The summed E-state index contributed by atoms with van der Waals surface area (Å²) >= 11 is 0. The summed E-state index contributed by atoms with van der Waals surface area (Å²) in [7, 11) is -2.45. The van der Waals surface area contributed by atoms with Gasteiger partial charge in [0.05, 0.1) is 17.8 Å². The molecule has 0 saturated carbocycles. The van der Waals surface area contributed by atoms with Gasteiger partial charge in [-0.2, -0.15) is 8.78 Å². The van der Waals surface area contributed by atoms with Crippen molar-refractivity contribution in [1.82, 2.24) is 4.72 Å². The van der Waals surface area contributed by atoms with Crippen molar-refractivity contribution in [3.63, 3.8) is 0 Å². The Labute approximate surface area is 153 Å². The summed E-state index contributed by atoms with van der Waals surface area (Å²) in [6.45, 7) is -3.11. The van der Waals surface area contributed by atoms with Crippen LogP contribution in [0, 0.1) is 10.1 Å². The lowest BCUT2D eigenvalue weighted by Crippen LogP contribution is -2.24. The Hall–Kier alpha value is -2.79. The Morgan fingerprint density at radius 3 is 2.30 bits per heavy atom. The largest absolute Gasteiger partial charge is 0.493 e. The molecule has 0 radical (unpaired) electrons. The van der Waals surface area contributed by atoms with Crippen molar-refractivity contribution in [2.75, 3.05) is 7.11 Å². The van der Waals surface area contributed by atoms with E-state index in [4.69, 9.17) is 4.74 Å². The molecule has 27 heavy (non-hydrogen) atoms. The second-order valence-electron chi connectivity index (χ2n) is 5.37. The summed E-state index contributed by atoms with van der Waals surface area (Å²) in [4.78, 5) is 10.0. The first-order chi connectivity index (χ1) is 12.7. The SMILES string of the molecule is COc1cc(CNS(=O)(=O)Cc2ccc([N+](=O)[O-])cc2)ccc1OC(F)F. The molecule has 0 atom stereocenters. The maximum Gasteiger partial charge on any atom is 0.387 e. The second kappa shape index (κ2) is 8.73. The van der Waals surface area contributed by atoms with Crippen LogP contribution in [0.25, 0.3) is 0 Å². The fraction of sp³-hybridized carbons (Fsp3) is 0.250. The molecule has 0 spiro atoms. The average molecular weight is 402 g/mol. The Bertz CT molecular complexity index is 904. The van der Waals surface area contributed by atoms with Crippen LogP contribution in [-0.4, -0.2) is 27.1 Å². The Morgan fingerprint density at radius 1 is 1.11 bits per heavy atom. The number of alkyl halides is 2. The van der Waals surface area contributed by atoms with Crippen LogP contribution in [-0.2, 0) is 22.3 Å². The van der Waals surface area contributed by atoms with Gasteiger partial charge in [-0.1, -0.05) is 18.2 Å². The summed E-state index contributed by atoms with van der Waals surface area (Å²) in [5.41, 5.74) is 0.717. The number of hydrogen-bond acceptors (Lipinski definition) is 6. The first-order valence-electron chi connectivity index (χ1n) is 7.52. The minimum atomic E-state index is -3.73. The fourth-order valence-corrected chi connectivity index (χ4v) is 3.31. The molecule has 2 aromatic rings. The lowest BCUT2D eigenvalue weighted by molar-refractivity contribution is -0.384. The highest BCUT2D eigenvalue weighted by atomic mass is 32.2. The first-order valence-corrected chi connectivity index (χ1v) is 9.18. The molecule has 146 valence electrons. The van der Waals surface area contributed by atoms with E-state index in [2.05, 4.69) is 9.46 Å². The molecule has 2 aromatic carbocycles. The molecular formula is C16H16F2N2O6S. The number of nitro groups is 1. The molecule has 0 saturated heterocycles. The Kier molecular flexibility index (Phi) is 6.64. The third-order valence-corrected chi connectivity index (χ3v) is 4.74. The van der Waals surface area contributed by atoms with Gasteiger partial charge in [0.25, 0.3) is 5.69 Å². The molecule has 0 aromatic heterocycles. The van der Waals surface area contributed by atoms with E-state index in [-0.39, 0.29) is 29.5 Å². The van der Waals surface area contributed by atoms with Gasteiger partial charge >= 0.3 is 6.61 Å². The van der Waals surface area contributed by atoms with Crippen LogP contribution in [0.1, 0.15) is 11.1 Å². The molecule has 0 amide bonds. The van der Waals surface area contributed by atoms with Crippen LogP contribution in [0.15, 0.2) is 42.5 Å². The fourth-order valence-electron chi connectivity index (χ4n) is 2.19. The predicted molar refractivity (Wildman–Crippen MR) is 92.2 cm³/mol. The smallest absolute Gasteiger partial charge is 0.387 e. The molecule has 0 unspecified atom stereocenters. The summed E-state index contributed by atoms with van der Waals surface area (Å²) < 4.78 is 60.6. The number of non-ortho nitro benzene ring substituents is 1. The first kappa shape index (κ1) is 20.5. The highest BCUT2D eigenvalue weighted by Gasteiger charge is 2.15. The van der Waals surface area contributed by atoms with Gasteiger partial charge in [0.15, 0.2) is 11.5 Å². The van der Waals surface area contributed by atoms with Gasteiger partial charge in [0, 0.05) is 18.7 Å². The highest BCUT2D eigenvalue weighted by molar-refractivity contribution is 7.88. The van der Waals surface area contributed by atoms with Crippen molar-refractivity contribution >= 4 is 15.7 Å². The molecular weight excluding hydrogens is 386 g/mol.